The third kappa shape index (κ3) is 24.8. The van der Waals surface area contributed by atoms with E-state index < -0.39 is 82.2 Å². The van der Waals surface area contributed by atoms with Gasteiger partial charge in [0.15, 0.2) is 34.5 Å². The Morgan fingerprint density at radius 2 is 0.684 bits per heavy atom. The van der Waals surface area contributed by atoms with Crippen molar-refractivity contribution in [1.82, 2.24) is 39.9 Å². The standard InChI is InChI=1S/C27H25F2N3O5.C23H17F2N3O5.C16H19N3O2.C11H15BO4.C11H7ClF2O3.C5H6ClN3/c1-15-14-30-24(31-21(15)16-5-7-17(8-6-16)22(33)37-25(2,3)4)32-23(34)26(11-12-26)18-9-10-19-20(13-18)36-27(28,29)35-19;1-12-11-26-21(27-18(12)13-2-4-14(5-3-13)19(29)30)28-20(31)22(8-9-22)15-6-7-16-17(10-15)33-23(24,25)32-16;1-10-9-18-15(17)19-13(10)11-5-7-12(8-6-11)14(20)21-16(2,3)4;1-11(2,3)16-10(13)8-4-6-9(7-5-8)12(14)15;12-9(15)10(3-4-10)6-1-2-7-8(5-6)17-11(13,14)16-7;1-3-2-8-5(7)9-4(3)6/h5-10,13-14H,11-12H2,1-4H3,(H,30,31,32,34);2-7,10-11H,8-9H2,1H3,(H,29,30)(H,26,27,28,31);5-9H,1-4H3,(H2,17,18,19);4-7,14-15H,1-3H3;1-2,5H,3-4H2;2H,1H3,(H2,7,8,9). The Morgan fingerprint density at radius 1 is 0.398 bits per heavy atom. The summed E-state index contributed by atoms with van der Waals surface area (Å²) >= 11 is 11.1. The number of aromatic nitrogens is 8. The number of carboxylic acid groups (broad SMARTS) is 1. The highest BCUT2D eigenvalue weighted by molar-refractivity contribution is 6.66. The number of nitrogens with two attached hydrogens (primary N) is 2. The summed E-state index contributed by atoms with van der Waals surface area (Å²) in [4.78, 5) is 118. The van der Waals surface area contributed by atoms with Crippen LogP contribution in [0.3, 0.4) is 0 Å². The molecule has 0 spiro atoms. The zero-order valence-corrected chi connectivity index (χ0v) is 75.2. The molecule has 17 rings (SSSR count). The molecule has 11 aromatic rings. The number of nitrogen functional groups attached to an aromatic ring is 2. The fourth-order valence-electron chi connectivity index (χ4n) is 13.3. The minimum Gasteiger partial charge on any atom is -0.478 e. The molecule has 3 aliphatic heterocycles. The van der Waals surface area contributed by atoms with Gasteiger partial charge in [-0.15, -0.1) is 26.3 Å². The number of esters is 3. The minimum atomic E-state index is -3.73. The third-order valence-electron chi connectivity index (χ3n) is 20.5. The molecule has 3 saturated carbocycles. The van der Waals surface area contributed by atoms with Crippen LogP contribution in [0.1, 0.15) is 181 Å². The van der Waals surface area contributed by atoms with Crippen LogP contribution in [0.5, 0.6) is 34.5 Å². The minimum absolute atomic E-state index is 0.0310. The lowest BCUT2D eigenvalue weighted by atomic mass is 9.80. The summed E-state index contributed by atoms with van der Waals surface area (Å²) in [6, 6.07) is 39.1. The fraction of sp³-hybridized carbons (Fsp3) is 0.301. The molecule has 6 aliphatic rings. The van der Waals surface area contributed by atoms with Gasteiger partial charge in [0.1, 0.15) is 22.0 Å². The molecular formula is C93H89BCl2F6N12O19. The van der Waals surface area contributed by atoms with Gasteiger partial charge in [-0.25, -0.2) is 59.0 Å². The molecule has 694 valence electrons. The van der Waals surface area contributed by atoms with Gasteiger partial charge in [-0.3, -0.25) is 25.0 Å². The Balaban J connectivity index is 0.000000151. The summed E-state index contributed by atoms with van der Waals surface area (Å²) in [5.74, 6) is -2.75. The lowest BCUT2D eigenvalue weighted by molar-refractivity contribution is -0.287. The Morgan fingerprint density at radius 3 is 0.977 bits per heavy atom. The Kier molecular flexibility index (Phi) is 28.3. The van der Waals surface area contributed by atoms with E-state index in [9.17, 15) is 59.9 Å². The highest BCUT2D eigenvalue weighted by atomic mass is 35.5. The van der Waals surface area contributed by atoms with Crippen LogP contribution in [0.15, 0.2) is 176 Å². The Hall–Kier alpha value is -14.1. The largest absolute Gasteiger partial charge is 0.586 e. The molecule has 133 heavy (non-hydrogen) atoms. The smallest absolute Gasteiger partial charge is 0.478 e. The predicted molar refractivity (Wildman–Crippen MR) is 475 cm³/mol. The predicted octanol–water partition coefficient (Wildman–Crippen LogP) is 16.7. The van der Waals surface area contributed by atoms with Crippen molar-refractivity contribution in [1.29, 1.82) is 0 Å². The van der Waals surface area contributed by atoms with E-state index in [0.29, 0.717) is 99.5 Å². The van der Waals surface area contributed by atoms with E-state index in [1.54, 1.807) is 140 Å². The third-order valence-corrected chi connectivity index (χ3v) is 21.2. The van der Waals surface area contributed by atoms with Crippen molar-refractivity contribution in [3.05, 3.63) is 243 Å². The number of hydrogen-bond acceptors (Lipinski definition) is 28. The lowest BCUT2D eigenvalue weighted by Gasteiger charge is -2.19. The van der Waals surface area contributed by atoms with Gasteiger partial charge in [0.05, 0.1) is 55.6 Å². The van der Waals surface area contributed by atoms with Crippen molar-refractivity contribution in [3.63, 3.8) is 0 Å². The van der Waals surface area contributed by atoms with Crippen LogP contribution in [-0.4, -0.2) is 139 Å². The van der Waals surface area contributed by atoms with Crippen LogP contribution in [0.4, 0.5) is 50.1 Å². The number of nitrogens with one attached hydrogen (secondary N) is 2. The van der Waals surface area contributed by atoms with Crippen LogP contribution in [0, 0.1) is 27.7 Å². The van der Waals surface area contributed by atoms with Crippen LogP contribution < -0.4 is 56.0 Å². The molecule has 0 unspecified atom stereocenters. The number of fused-ring (bicyclic) bond motifs is 3. The number of anilines is 4. The number of carbonyl (C=O) groups excluding carboxylic acids is 6. The summed E-state index contributed by atoms with van der Waals surface area (Å²) in [5.41, 5.74) is 17.7. The first kappa shape index (κ1) is 97.9. The molecular weight excluding hydrogens is 1780 g/mol. The second kappa shape index (κ2) is 38.4. The summed E-state index contributed by atoms with van der Waals surface area (Å²) in [5, 5.41) is 32.3. The molecule has 0 saturated heterocycles. The van der Waals surface area contributed by atoms with Crippen molar-refractivity contribution in [2.75, 3.05) is 22.1 Å². The summed E-state index contributed by atoms with van der Waals surface area (Å²) in [6.45, 7) is 23.7. The highest BCUT2D eigenvalue weighted by Crippen LogP contribution is 2.56. The molecule has 7 heterocycles. The molecule has 4 aromatic heterocycles. The monoisotopic (exact) mass is 1870 g/mol. The van der Waals surface area contributed by atoms with Crippen molar-refractivity contribution in [2.45, 2.75) is 180 Å². The quantitative estimate of drug-likeness (QED) is 0.0118. The van der Waals surface area contributed by atoms with Gasteiger partial charge in [-0.2, -0.15) is 0 Å². The van der Waals surface area contributed by atoms with Gasteiger partial charge >= 0.3 is 49.9 Å². The molecule has 7 aromatic carbocycles. The highest BCUT2D eigenvalue weighted by Gasteiger charge is 2.56. The van der Waals surface area contributed by atoms with Crippen LogP contribution in [0.2, 0.25) is 5.15 Å². The van der Waals surface area contributed by atoms with E-state index in [4.69, 9.17) is 64.0 Å². The van der Waals surface area contributed by atoms with E-state index >= 15 is 0 Å². The number of rotatable bonds is 16. The SMILES string of the molecule is CC(C)(C)OC(=O)c1ccc(B(O)O)cc1.Cc1cnc(N)nc1-c1ccc(C(=O)OC(C)(C)C)cc1.Cc1cnc(N)nc1Cl.Cc1cnc(NC(=O)C2(c3ccc4c(c3)OC(F)(F)O4)CC2)nc1-c1ccc(C(=O)O)cc1.Cc1cnc(NC(=O)C2(c3ccc4c(c3)OC(F)(F)O4)CC2)nc1-c1ccc(C(=O)OC(C)(C)C)cc1.O=C(Cl)C1(c2ccc3c(c2)OC(F)(F)O3)CC1. The average molecular weight is 1870 g/mol. The molecule has 2 amide bonds. The Bertz CT molecular complexity index is 6280. The molecule has 31 nitrogen and oxygen atoms in total. The van der Waals surface area contributed by atoms with E-state index in [1.165, 1.54) is 72.8 Å². The summed E-state index contributed by atoms with van der Waals surface area (Å²) in [6.07, 6.45) is -1.25. The number of halogens is 8. The van der Waals surface area contributed by atoms with Crippen LogP contribution in [-0.2, 0) is 44.8 Å². The van der Waals surface area contributed by atoms with Gasteiger partial charge < -0.3 is 69.3 Å². The van der Waals surface area contributed by atoms with Crippen LogP contribution in [0.25, 0.3) is 33.8 Å². The number of benzene rings is 7. The topological polar surface area (TPSA) is 442 Å². The van der Waals surface area contributed by atoms with Crippen LogP contribution >= 0.6 is 23.2 Å². The number of aryl methyl sites for hydroxylation is 4. The van der Waals surface area contributed by atoms with E-state index in [1.807, 2.05) is 53.7 Å². The zero-order chi connectivity index (χ0) is 97.0. The Labute approximate surface area is 767 Å². The first-order chi connectivity index (χ1) is 62.2. The van der Waals surface area contributed by atoms with Crippen molar-refractivity contribution < 1.29 is 118 Å². The van der Waals surface area contributed by atoms with Crippen molar-refractivity contribution >= 4 is 101 Å². The maximum atomic E-state index is 13.4. The van der Waals surface area contributed by atoms with Gasteiger partial charge in [-0.05, 0) is 264 Å². The maximum absolute atomic E-state index is 13.4. The molecule has 0 radical (unpaired) electrons. The summed E-state index contributed by atoms with van der Waals surface area (Å²) < 4.78 is 121. The maximum Gasteiger partial charge on any atom is 0.586 e. The molecule has 40 heteroatoms. The van der Waals surface area contributed by atoms with E-state index in [0.717, 1.165) is 39.1 Å². The summed E-state index contributed by atoms with van der Waals surface area (Å²) in [7, 11) is -1.52. The van der Waals surface area contributed by atoms with Gasteiger partial charge in [-0.1, -0.05) is 78.3 Å². The molecule has 0 atom stereocenters. The average Bonchev–Trinajstić information content (AvgIpc) is 1.59. The number of amides is 2. The number of alkyl halides is 6. The lowest BCUT2D eigenvalue weighted by Crippen LogP contribution is -2.30. The number of aromatic carboxylic acids is 1. The van der Waals surface area contributed by atoms with Gasteiger partial charge in [0, 0.05) is 47.0 Å². The normalized spacial score (nSPS) is 15.4. The number of carbonyl (C=O) groups is 7. The van der Waals surface area contributed by atoms with Crippen molar-refractivity contribution in [3.8, 4) is 68.3 Å². The zero-order valence-electron chi connectivity index (χ0n) is 73.7. The number of ether oxygens (including phenoxy) is 9. The number of nitrogens with zero attached hydrogens (tertiary/aromatic N) is 8. The van der Waals surface area contributed by atoms with E-state index in [2.05, 4.69) is 78.9 Å². The first-order valence-electron chi connectivity index (χ1n) is 41.0. The van der Waals surface area contributed by atoms with Gasteiger partial charge in [0.25, 0.3) is 0 Å². The van der Waals surface area contributed by atoms with Crippen molar-refractivity contribution in [2.24, 2.45) is 0 Å². The molecule has 9 N–H and O–H groups in total. The van der Waals surface area contributed by atoms with Gasteiger partial charge in [0.2, 0.25) is 40.9 Å². The molecule has 0 bridgehead atoms. The molecule has 3 aliphatic carbocycles. The fourth-order valence-corrected chi connectivity index (χ4v) is 13.8. The first-order valence-corrected chi connectivity index (χ1v) is 41.7. The second-order valence-electron chi connectivity index (χ2n) is 34.4. The number of carboxylic acids is 1. The second-order valence-corrected chi connectivity index (χ2v) is 35.1. The molecule has 3 fully saturated rings. The van der Waals surface area contributed by atoms with E-state index in [-0.39, 0.29) is 81.6 Å². The number of hydrogen-bond donors (Lipinski definition) is 7.